The normalized spacial score (nSPS) is 11.0. The lowest BCUT2D eigenvalue weighted by Gasteiger charge is -2.06. The second kappa shape index (κ2) is 6.36. The number of hydrogen-bond donors (Lipinski definition) is 0. The minimum absolute atomic E-state index is 0.682. The molecule has 0 amide bonds. The fourth-order valence-electron chi connectivity index (χ4n) is 2.72. The Hall–Kier alpha value is -2.07. The molecule has 0 saturated heterocycles. The first kappa shape index (κ1) is 14.9. The number of para-hydroxylation sites is 1. The third-order valence-electron chi connectivity index (χ3n) is 3.79. The van der Waals surface area contributed by atoms with Crippen molar-refractivity contribution in [3.8, 4) is 16.9 Å². The lowest BCUT2D eigenvalue weighted by molar-refractivity contribution is 0.112. The van der Waals surface area contributed by atoms with E-state index in [9.17, 15) is 4.79 Å². The molecule has 4 heteroatoms. The van der Waals surface area contributed by atoms with E-state index < -0.39 is 0 Å². The lowest BCUT2D eigenvalue weighted by atomic mass is 9.99. The number of ether oxygens (including phenoxy) is 1. The van der Waals surface area contributed by atoms with Gasteiger partial charge in [-0.1, -0.05) is 31.5 Å². The van der Waals surface area contributed by atoms with Crippen molar-refractivity contribution in [1.29, 1.82) is 0 Å². The summed E-state index contributed by atoms with van der Waals surface area (Å²) in [5, 5.41) is 2.91. The summed E-state index contributed by atoms with van der Waals surface area (Å²) in [6.07, 6.45) is 3.90. The number of methoxy groups -OCH3 is 1. The van der Waals surface area contributed by atoms with Crippen LogP contribution in [0.3, 0.4) is 0 Å². The Balaban J connectivity index is 2.28. The zero-order valence-corrected chi connectivity index (χ0v) is 13.5. The summed E-state index contributed by atoms with van der Waals surface area (Å²) in [6, 6.07) is 7.96. The van der Waals surface area contributed by atoms with Gasteiger partial charge in [-0.05, 0) is 12.5 Å². The SMILES string of the molecule is CCCCc1oc2ccccc2c1-c1c(OC)csc1C=O. The number of aryl methyl sites for hydroxylation is 1. The minimum atomic E-state index is 0.682. The van der Waals surface area contributed by atoms with E-state index in [1.165, 1.54) is 11.3 Å². The first-order valence-corrected chi connectivity index (χ1v) is 8.29. The highest BCUT2D eigenvalue weighted by Crippen LogP contribution is 2.44. The smallest absolute Gasteiger partial charge is 0.160 e. The first-order chi connectivity index (χ1) is 10.8. The Kier molecular flexibility index (Phi) is 4.29. The zero-order valence-electron chi connectivity index (χ0n) is 12.7. The van der Waals surface area contributed by atoms with Gasteiger partial charge in [-0.3, -0.25) is 4.79 Å². The summed E-state index contributed by atoms with van der Waals surface area (Å²) in [5.41, 5.74) is 2.72. The van der Waals surface area contributed by atoms with Gasteiger partial charge in [0.15, 0.2) is 6.29 Å². The second-order valence-corrected chi connectivity index (χ2v) is 6.07. The molecule has 0 aliphatic rings. The number of carbonyl (C=O) groups excluding carboxylic acids is 1. The fourth-order valence-corrected chi connectivity index (χ4v) is 3.55. The first-order valence-electron chi connectivity index (χ1n) is 7.41. The number of carbonyl (C=O) groups is 1. The van der Waals surface area contributed by atoms with Crippen LogP contribution in [-0.4, -0.2) is 13.4 Å². The van der Waals surface area contributed by atoms with Crippen molar-refractivity contribution in [2.75, 3.05) is 7.11 Å². The van der Waals surface area contributed by atoms with Crippen molar-refractivity contribution in [2.45, 2.75) is 26.2 Å². The van der Waals surface area contributed by atoms with Gasteiger partial charge in [-0.2, -0.15) is 0 Å². The lowest BCUT2D eigenvalue weighted by Crippen LogP contribution is -1.91. The molecule has 0 aliphatic carbocycles. The molecule has 0 spiro atoms. The summed E-state index contributed by atoms with van der Waals surface area (Å²) >= 11 is 1.41. The number of fused-ring (bicyclic) bond motifs is 1. The van der Waals surface area contributed by atoms with Gasteiger partial charge in [0.2, 0.25) is 0 Å². The third-order valence-corrected chi connectivity index (χ3v) is 4.67. The fraction of sp³-hybridized carbons (Fsp3) is 0.278. The van der Waals surface area contributed by atoms with E-state index in [0.29, 0.717) is 4.88 Å². The monoisotopic (exact) mass is 314 g/mol. The molecule has 114 valence electrons. The van der Waals surface area contributed by atoms with Crippen molar-refractivity contribution in [3.05, 3.63) is 40.3 Å². The predicted octanol–water partition coefficient (Wildman–Crippen LogP) is 5.33. The second-order valence-electron chi connectivity index (χ2n) is 5.16. The summed E-state index contributed by atoms with van der Waals surface area (Å²) in [4.78, 5) is 12.1. The Bertz CT molecular complexity index is 798. The van der Waals surface area contributed by atoms with Crippen LogP contribution in [0, 0.1) is 0 Å². The number of rotatable bonds is 6. The van der Waals surface area contributed by atoms with Crippen LogP contribution < -0.4 is 4.74 Å². The number of hydrogen-bond acceptors (Lipinski definition) is 4. The maximum Gasteiger partial charge on any atom is 0.160 e. The van der Waals surface area contributed by atoms with Crippen LogP contribution >= 0.6 is 11.3 Å². The maximum absolute atomic E-state index is 11.4. The Morgan fingerprint density at radius 1 is 1.27 bits per heavy atom. The number of unbranched alkanes of at least 4 members (excludes halogenated alkanes) is 1. The average Bonchev–Trinajstić information content (AvgIpc) is 3.12. The average molecular weight is 314 g/mol. The van der Waals surface area contributed by atoms with E-state index in [0.717, 1.165) is 59.2 Å². The highest BCUT2D eigenvalue weighted by Gasteiger charge is 2.22. The van der Waals surface area contributed by atoms with Gasteiger partial charge in [0.05, 0.1) is 12.0 Å². The van der Waals surface area contributed by atoms with Gasteiger partial charge in [-0.25, -0.2) is 0 Å². The molecule has 2 heterocycles. The summed E-state index contributed by atoms with van der Waals surface area (Å²) in [5.74, 6) is 1.67. The molecule has 0 radical (unpaired) electrons. The van der Waals surface area contributed by atoms with Crippen molar-refractivity contribution >= 4 is 28.6 Å². The van der Waals surface area contributed by atoms with Gasteiger partial charge in [0.1, 0.15) is 17.1 Å². The molecule has 22 heavy (non-hydrogen) atoms. The van der Waals surface area contributed by atoms with Gasteiger partial charge in [0.25, 0.3) is 0 Å². The quantitative estimate of drug-likeness (QED) is 0.578. The molecule has 0 fully saturated rings. The maximum atomic E-state index is 11.4. The highest BCUT2D eigenvalue weighted by atomic mass is 32.1. The van der Waals surface area contributed by atoms with Gasteiger partial charge < -0.3 is 9.15 Å². The predicted molar refractivity (Wildman–Crippen MR) is 90.1 cm³/mol. The topological polar surface area (TPSA) is 39.4 Å². The van der Waals surface area contributed by atoms with Crippen LogP contribution in [0.5, 0.6) is 5.75 Å². The largest absolute Gasteiger partial charge is 0.495 e. The van der Waals surface area contributed by atoms with Gasteiger partial charge >= 0.3 is 0 Å². The molecule has 0 bridgehead atoms. The molecule has 0 atom stereocenters. The number of furan rings is 1. The van der Waals surface area contributed by atoms with E-state index in [1.807, 2.05) is 29.6 Å². The standard InChI is InChI=1S/C18H18O3S/c1-3-4-8-14-17(12-7-5-6-9-13(12)21-14)18-15(20-2)11-22-16(18)10-19/h5-7,9-11H,3-4,8H2,1-2H3. The van der Waals surface area contributed by atoms with Crippen LogP contribution in [0.25, 0.3) is 22.1 Å². The molecule has 0 N–H and O–H groups in total. The molecule has 1 aromatic carbocycles. The van der Waals surface area contributed by atoms with E-state index in [2.05, 4.69) is 6.92 Å². The van der Waals surface area contributed by atoms with Crippen LogP contribution in [0.4, 0.5) is 0 Å². The zero-order chi connectivity index (χ0) is 15.5. The summed E-state index contributed by atoms with van der Waals surface area (Å²) < 4.78 is 11.5. The molecule has 0 unspecified atom stereocenters. The Labute approximate surface area is 133 Å². The van der Waals surface area contributed by atoms with Gasteiger partial charge in [0, 0.05) is 28.3 Å². The van der Waals surface area contributed by atoms with Gasteiger partial charge in [-0.15, -0.1) is 11.3 Å². The Morgan fingerprint density at radius 2 is 2.09 bits per heavy atom. The molecule has 3 rings (SSSR count). The van der Waals surface area contributed by atoms with Crippen molar-refractivity contribution < 1.29 is 13.9 Å². The molecule has 0 saturated carbocycles. The molecule has 3 nitrogen and oxygen atoms in total. The van der Waals surface area contributed by atoms with Crippen LogP contribution in [0.15, 0.2) is 34.1 Å². The molecule has 0 aliphatic heterocycles. The van der Waals surface area contributed by atoms with Crippen molar-refractivity contribution in [1.82, 2.24) is 0 Å². The number of aldehydes is 1. The number of benzene rings is 1. The van der Waals surface area contributed by atoms with Crippen molar-refractivity contribution in [3.63, 3.8) is 0 Å². The molecule has 3 aromatic rings. The van der Waals surface area contributed by atoms with Crippen molar-refractivity contribution in [2.24, 2.45) is 0 Å². The molecular formula is C18H18O3S. The summed E-state index contributed by atoms with van der Waals surface area (Å²) in [7, 11) is 1.63. The van der Waals surface area contributed by atoms with E-state index >= 15 is 0 Å². The highest BCUT2D eigenvalue weighted by molar-refractivity contribution is 7.12. The van der Waals surface area contributed by atoms with Crippen LogP contribution in [0.1, 0.15) is 35.2 Å². The third kappa shape index (κ3) is 2.44. The summed E-state index contributed by atoms with van der Waals surface area (Å²) in [6.45, 7) is 2.16. The molecule has 2 aromatic heterocycles. The van der Waals surface area contributed by atoms with E-state index in [-0.39, 0.29) is 0 Å². The number of thiophene rings is 1. The van der Waals surface area contributed by atoms with Crippen LogP contribution in [0.2, 0.25) is 0 Å². The van der Waals surface area contributed by atoms with E-state index in [4.69, 9.17) is 9.15 Å². The van der Waals surface area contributed by atoms with E-state index in [1.54, 1.807) is 7.11 Å². The molecular weight excluding hydrogens is 296 g/mol. The van der Waals surface area contributed by atoms with Crippen LogP contribution in [-0.2, 0) is 6.42 Å². The Morgan fingerprint density at radius 3 is 2.82 bits per heavy atom. The minimum Gasteiger partial charge on any atom is -0.495 e.